The number of esters is 1. The van der Waals surface area contributed by atoms with Crippen molar-refractivity contribution in [2.75, 3.05) is 0 Å². The van der Waals surface area contributed by atoms with Crippen molar-refractivity contribution in [2.45, 2.75) is 19.6 Å². The molecule has 0 aliphatic rings. The maximum atomic E-state index is 11.9. The summed E-state index contributed by atoms with van der Waals surface area (Å²) in [6.45, 7) is 1.66. The number of halogens is 1. The van der Waals surface area contributed by atoms with Gasteiger partial charge < -0.3 is 10.1 Å². The number of carbonyl (C=O) groups excluding carboxylic acids is 3. The maximum absolute atomic E-state index is 11.9. The van der Waals surface area contributed by atoms with Crippen LogP contribution in [0, 0.1) is 0 Å². The van der Waals surface area contributed by atoms with Crippen molar-refractivity contribution in [2.24, 2.45) is 0 Å². The van der Waals surface area contributed by atoms with Gasteiger partial charge in [0.2, 0.25) is 0 Å². The van der Waals surface area contributed by atoms with Crippen LogP contribution in [0.5, 0.6) is 0 Å². The van der Waals surface area contributed by atoms with Gasteiger partial charge in [-0.25, -0.2) is 9.59 Å². The minimum Gasteiger partial charge on any atom is -0.448 e. The van der Waals surface area contributed by atoms with E-state index in [1.165, 1.54) is 13.0 Å². The second-order valence-corrected chi connectivity index (χ2v) is 6.52. The number of ether oxygens (including phenoxy) is 1. The number of rotatable bonds is 5. The Morgan fingerprint density at radius 3 is 2.50 bits per heavy atom. The van der Waals surface area contributed by atoms with Crippen LogP contribution in [0.2, 0.25) is 4.34 Å². The van der Waals surface area contributed by atoms with Crippen LogP contribution in [-0.4, -0.2) is 24.0 Å². The van der Waals surface area contributed by atoms with Crippen molar-refractivity contribution in [3.05, 3.63) is 57.2 Å². The Bertz CT molecular complexity index is 733. The Balaban J connectivity index is 1.78. The lowest BCUT2D eigenvalue weighted by atomic mass is 10.2. The molecular formula is C16H15ClN2O4S. The summed E-state index contributed by atoms with van der Waals surface area (Å²) in [5, 5.41) is 4.67. The topological polar surface area (TPSA) is 84.5 Å². The Hall–Kier alpha value is -2.38. The van der Waals surface area contributed by atoms with E-state index in [1.54, 1.807) is 6.07 Å². The predicted octanol–water partition coefficient (Wildman–Crippen LogP) is 2.97. The summed E-state index contributed by atoms with van der Waals surface area (Å²) in [6, 6.07) is 11.7. The molecule has 126 valence electrons. The molecule has 6 nitrogen and oxygen atoms in total. The fourth-order valence-corrected chi connectivity index (χ4v) is 2.66. The van der Waals surface area contributed by atoms with E-state index in [1.807, 2.05) is 30.3 Å². The first-order valence-electron chi connectivity index (χ1n) is 7.04. The lowest BCUT2D eigenvalue weighted by Gasteiger charge is -2.12. The molecule has 0 aliphatic heterocycles. The molecule has 0 aliphatic carbocycles. The summed E-state index contributed by atoms with van der Waals surface area (Å²) >= 11 is 6.79. The van der Waals surface area contributed by atoms with Crippen LogP contribution in [0.3, 0.4) is 0 Å². The molecular weight excluding hydrogens is 352 g/mol. The van der Waals surface area contributed by atoms with Crippen molar-refractivity contribution in [3.63, 3.8) is 0 Å². The number of hydrogen-bond acceptors (Lipinski definition) is 5. The van der Waals surface area contributed by atoms with Gasteiger partial charge in [0.15, 0.2) is 6.10 Å². The van der Waals surface area contributed by atoms with E-state index >= 15 is 0 Å². The van der Waals surface area contributed by atoms with Gasteiger partial charge in [0.25, 0.3) is 5.91 Å². The third kappa shape index (κ3) is 5.36. The Kier molecular flexibility index (Phi) is 6.34. The van der Waals surface area contributed by atoms with Crippen LogP contribution < -0.4 is 10.6 Å². The molecule has 3 amide bonds. The van der Waals surface area contributed by atoms with Crippen LogP contribution >= 0.6 is 22.9 Å². The molecule has 1 aromatic carbocycles. The zero-order chi connectivity index (χ0) is 17.5. The smallest absolute Gasteiger partial charge is 0.349 e. The van der Waals surface area contributed by atoms with Crippen LogP contribution in [0.4, 0.5) is 4.79 Å². The van der Waals surface area contributed by atoms with Crippen LogP contribution in [0.15, 0.2) is 42.5 Å². The van der Waals surface area contributed by atoms with Gasteiger partial charge in [0.1, 0.15) is 4.88 Å². The molecule has 0 spiro atoms. The van der Waals surface area contributed by atoms with Gasteiger partial charge in [-0.15, -0.1) is 11.3 Å². The molecule has 1 aromatic heterocycles. The molecule has 2 rings (SSSR count). The van der Waals surface area contributed by atoms with Gasteiger partial charge in [-0.3, -0.25) is 10.1 Å². The highest BCUT2D eigenvalue weighted by molar-refractivity contribution is 7.17. The fourth-order valence-electron chi connectivity index (χ4n) is 1.73. The molecule has 0 radical (unpaired) electrons. The van der Waals surface area contributed by atoms with E-state index in [9.17, 15) is 14.4 Å². The lowest BCUT2D eigenvalue weighted by molar-refractivity contribution is -0.127. The largest absolute Gasteiger partial charge is 0.448 e. The highest BCUT2D eigenvalue weighted by atomic mass is 35.5. The van der Waals surface area contributed by atoms with Crippen LogP contribution in [0.25, 0.3) is 0 Å². The monoisotopic (exact) mass is 366 g/mol. The number of amides is 3. The first kappa shape index (κ1) is 18.0. The summed E-state index contributed by atoms with van der Waals surface area (Å²) in [5.41, 5.74) is 0.897. The number of nitrogens with one attached hydrogen (secondary N) is 2. The molecule has 0 saturated heterocycles. The highest BCUT2D eigenvalue weighted by Crippen LogP contribution is 2.22. The third-order valence-electron chi connectivity index (χ3n) is 2.96. The van der Waals surface area contributed by atoms with Crippen molar-refractivity contribution in [3.8, 4) is 0 Å². The number of benzene rings is 1. The lowest BCUT2D eigenvalue weighted by Crippen LogP contribution is -2.44. The van der Waals surface area contributed by atoms with Gasteiger partial charge in [0, 0.05) is 6.54 Å². The van der Waals surface area contributed by atoms with Crippen molar-refractivity contribution < 1.29 is 19.1 Å². The summed E-state index contributed by atoms with van der Waals surface area (Å²) < 4.78 is 5.44. The van der Waals surface area contributed by atoms with Gasteiger partial charge >= 0.3 is 12.0 Å². The summed E-state index contributed by atoms with van der Waals surface area (Å²) in [5.74, 6) is -1.38. The maximum Gasteiger partial charge on any atom is 0.349 e. The molecule has 24 heavy (non-hydrogen) atoms. The first-order chi connectivity index (χ1) is 11.5. The fraction of sp³-hybridized carbons (Fsp3) is 0.188. The third-order valence-corrected chi connectivity index (χ3v) is 4.17. The zero-order valence-corrected chi connectivity index (χ0v) is 14.3. The van der Waals surface area contributed by atoms with E-state index in [0.717, 1.165) is 16.9 Å². The van der Waals surface area contributed by atoms with Crippen LogP contribution in [0.1, 0.15) is 22.2 Å². The zero-order valence-electron chi connectivity index (χ0n) is 12.7. The Morgan fingerprint density at radius 1 is 1.17 bits per heavy atom. The van der Waals surface area contributed by atoms with Gasteiger partial charge in [-0.1, -0.05) is 41.9 Å². The second kappa shape index (κ2) is 8.47. The molecule has 1 heterocycles. The molecule has 1 unspecified atom stereocenters. The minimum absolute atomic E-state index is 0.280. The average Bonchev–Trinajstić information content (AvgIpc) is 3.00. The Labute approximate surface area is 147 Å². The summed E-state index contributed by atoms with van der Waals surface area (Å²) in [4.78, 5) is 35.7. The minimum atomic E-state index is -1.11. The molecule has 0 saturated carbocycles. The molecule has 2 N–H and O–H groups in total. The van der Waals surface area contributed by atoms with Crippen molar-refractivity contribution >= 4 is 40.8 Å². The second-order valence-electron chi connectivity index (χ2n) is 4.81. The molecule has 8 heteroatoms. The SMILES string of the molecule is CC(OC(=O)c1ccc(Cl)s1)C(=O)NC(=O)NCc1ccccc1. The van der Waals surface area contributed by atoms with Gasteiger partial charge in [-0.05, 0) is 24.6 Å². The van der Waals surface area contributed by atoms with Crippen molar-refractivity contribution in [1.82, 2.24) is 10.6 Å². The van der Waals surface area contributed by atoms with E-state index in [0.29, 0.717) is 4.34 Å². The molecule has 2 aromatic rings. The van der Waals surface area contributed by atoms with E-state index in [2.05, 4.69) is 10.6 Å². The number of urea groups is 1. The predicted molar refractivity (Wildman–Crippen MR) is 91.0 cm³/mol. The first-order valence-corrected chi connectivity index (χ1v) is 8.24. The molecule has 0 fully saturated rings. The van der Waals surface area contributed by atoms with E-state index in [4.69, 9.17) is 16.3 Å². The van der Waals surface area contributed by atoms with E-state index < -0.39 is 24.0 Å². The normalized spacial score (nSPS) is 11.4. The molecule has 1 atom stereocenters. The van der Waals surface area contributed by atoms with Crippen molar-refractivity contribution in [1.29, 1.82) is 0 Å². The number of carbonyl (C=O) groups is 3. The summed E-state index contributed by atoms with van der Waals surface area (Å²) in [7, 11) is 0. The number of thiophene rings is 1. The number of imide groups is 1. The quantitative estimate of drug-likeness (QED) is 0.797. The Morgan fingerprint density at radius 2 is 1.88 bits per heavy atom. The molecule has 0 bridgehead atoms. The highest BCUT2D eigenvalue weighted by Gasteiger charge is 2.21. The number of hydrogen-bond donors (Lipinski definition) is 2. The van der Waals surface area contributed by atoms with E-state index in [-0.39, 0.29) is 11.4 Å². The van der Waals surface area contributed by atoms with Gasteiger partial charge in [0.05, 0.1) is 4.34 Å². The van der Waals surface area contributed by atoms with Crippen LogP contribution in [-0.2, 0) is 16.1 Å². The van der Waals surface area contributed by atoms with Gasteiger partial charge in [-0.2, -0.15) is 0 Å². The standard InChI is InChI=1S/C16H15ClN2O4S/c1-10(23-15(21)12-7-8-13(17)24-12)14(20)19-16(22)18-9-11-5-3-2-4-6-11/h2-8,10H,9H2,1H3,(H2,18,19,20,22). The average molecular weight is 367 g/mol. The summed E-state index contributed by atoms with van der Waals surface area (Å²) in [6.07, 6.45) is -1.11.